The van der Waals surface area contributed by atoms with Gasteiger partial charge >= 0.3 is 6.09 Å². The fourth-order valence-electron chi connectivity index (χ4n) is 4.94. The highest BCUT2D eigenvalue weighted by Gasteiger charge is 2.23. The first-order valence-corrected chi connectivity index (χ1v) is 15.9. The van der Waals surface area contributed by atoms with Crippen molar-refractivity contribution in [3.8, 4) is 23.1 Å². The van der Waals surface area contributed by atoms with Gasteiger partial charge in [0.25, 0.3) is 5.91 Å². The van der Waals surface area contributed by atoms with Gasteiger partial charge in [-0.3, -0.25) is 4.79 Å². The number of aliphatic hydroxyl groups is 1. The SMILES string of the molecule is CC(C)Oc1ccc(C(=O)N[C@H](CCO)Cc2ccc(-c3cn(CCCNC(=O)OC(C)(C)C)c(C(C)(C)C)n3)cc2)cc1C#N. The first-order valence-electron chi connectivity index (χ1n) is 15.9. The topological polar surface area (TPSA) is 138 Å². The molecule has 10 heteroatoms. The maximum Gasteiger partial charge on any atom is 0.407 e. The molecule has 3 N–H and O–H groups in total. The number of imidazole rings is 1. The first kappa shape index (κ1) is 36.1. The minimum absolute atomic E-state index is 0.0754. The summed E-state index contributed by atoms with van der Waals surface area (Å²) in [6.45, 7) is 16.8. The zero-order valence-electron chi connectivity index (χ0n) is 28.4. The standard InChI is InChI=1S/C36H49N5O5/c1-24(2)45-31-15-14-27(21-28(31)22-37)32(43)39-29(16-19-42)20-25-10-12-26(13-11-25)30-23-41(33(40-30)35(3,4)5)18-9-17-38-34(44)46-36(6,7)8/h10-15,21,23-24,29,42H,9,16-20H2,1-8H3,(H,38,44)(H,39,43)/t29-/m1/s1. The van der Waals surface area contributed by atoms with E-state index in [1.54, 1.807) is 12.1 Å². The molecule has 3 rings (SSSR count). The van der Waals surface area contributed by atoms with E-state index in [4.69, 9.17) is 14.5 Å². The lowest BCUT2D eigenvalue weighted by atomic mass is 9.95. The molecule has 1 aromatic heterocycles. The van der Waals surface area contributed by atoms with Crippen LogP contribution in [0, 0.1) is 11.3 Å². The maximum atomic E-state index is 13.1. The highest BCUT2D eigenvalue weighted by Crippen LogP contribution is 2.27. The molecule has 0 spiro atoms. The average Bonchev–Trinajstić information content (AvgIpc) is 3.40. The Balaban J connectivity index is 1.68. The van der Waals surface area contributed by atoms with Crippen molar-refractivity contribution in [1.29, 1.82) is 5.26 Å². The van der Waals surface area contributed by atoms with Crippen LogP contribution in [0.25, 0.3) is 11.3 Å². The molecule has 0 radical (unpaired) electrons. The quantitative estimate of drug-likeness (QED) is 0.193. The van der Waals surface area contributed by atoms with Crippen molar-refractivity contribution >= 4 is 12.0 Å². The normalized spacial score (nSPS) is 12.4. The highest BCUT2D eigenvalue weighted by atomic mass is 16.6. The van der Waals surface area contributed by atoms with Gasteiger partial charge in [-0.05, 0) is 77.6 Å². The molecule has 0 fully saturated rings. The Labute approximate surface area is 273 Å². The number of rotatable bonds is 13. The van der Waals surface area contributed by atoms with Crippen molar-refractivity contribution in [3.05, 3.63) is 71.2 Å². The van der Waals surface area contributed by atoms with Crippen molar-refractivity contribution in [1.82, 2.24) is 20.2 Å². The van der Waals surface area contributed by atoms with E-state index >= 15 is 0 Å². The van der Waals surface area contributed by atoms with E-state index < -0.39 is 11.7 Å². The van der Waals surface area contributed by atoms with Crippen molar-refractivity contribution < 1.29 is 24.2 Å². The van der Waals surface area contributed by atoms with E-state index in [-0.39, 0.29) is 30.1 Å². The monoisotopic (exact) mass is 631 g/mol. The summed E-state index contributed by atoms with van der Waals surface area (Å²) in [6.07, 6.45) is 3.17. The lowest BCUT2D eigenvalue weighted by Gasteiger charge is -2.21. The zero-order valence-corrected chi connectivity index (χ0v) is 28.4. The Bertz CT molecular complexity index is 1510. The Kier molecular flexibility index (Phi) is 12.4. The lowest BCUT2D eigenvalue weighted by Crippen LogP contribution is -2.37. The van der Waals surface area contributed by atoms with Gasteiger partial charge in [-0.2, -0.15) is 5.26 Å². The predicted octanol–water partition coefficient (Wildman–Crippen LogP) is 6.14. The molecule has 0 saturated carbocycles. The van der Waals surface area contributed by atoms with Crippen molar-refractivity contribution in [3.63, 3.8) is 0 Å². The van der Waals surface area contributed by atoms with E-state index in [0.717, 1.165) is 29.1 Å². The van der Waals surface area contributed by atoms with E-state index in [1.807, 2.05) is 65.1 Å². The Morgan fingerprint density at radius 3 is 2.35 bits per heavy atom. The Hall–Kier alpha value is -4.36. The molecule has 2 amide bonds. The number of ether oxygens (including phenoxy) is 2. The zero-order chi connectivity index (χ0) is 34.1. The van der Waals surface area contributed by atoms with Gasteiger partial charge in [-0.1, -0.05) is 45.0 Å². The van der Waals surface area contributed by atoms with Crippen LogP contribution in [0.3, 0.4) is 0 Å². The van der Waals surface area contributed by atoms with Gasteiger partial charge in [0.15, 0.2) is 0 Å². The molecule has 0 aliphatic carbocycles. The van der Waals surface area contributed by atoms with Gasteiger partial charge < -0.3 is 29.8 Å². The number of aromatic nitrogens is 2. The van der Waals surface area contributed by atoms with E-state index in [9.17, 15) is 20.0 Å². The molecular weight excluding hydrogens is 582 g/mol. The highest BCUT2D eigenvalue weighted by molar-refractivity contribution is 5.95. The van der Waals surface area contributed by atoms with E-state index in [0.29, 0.717) is 42.8 Å². The number of hydrogen-bond donors (Lipinski definition) is 3. The van der Waals surface area contributed by atoms with Crippen molar-refractivity contribution in [2.45, 2.75) is 104 Å². The number of carbonyl (C=O) groups excluding carboxylic acids is 2. The number of aryl methyl sites for hydroxylation is 1. The molecule has 10 nitrogen and oxygen atoms in total. The van der Waals surface area contributed by atoms with E-state index in [2.05, 4.69) is 42.0 Å². The largest absolute Gasteiger partial charge is 0.490 e. The average molecular weight is 632 g/mol. The lowest BCUT2D eigenvalue weighted by molar-refractivity contribution is 0.0526. The minimum atomic E-state index is -0.537. The molecule has 248 valence electrons. The summed E-state index contributed by atoms with van der Waals surface area (Å²) in [4.78, 5) is 30.0. The fourth-order valence-corrected chi connectivity index (χ4v) is 4.94. The van der Waals surface area contributed by atoms with Crippen LogP contribution in [0.2, 0.25) is 0 Å². The third-order valence-electron chi connectivity index (χ3n) is 6.96. The summed E-state index contributed by atoms with van der Waals surface area (Å²) in [5.41, 5.74) is 2.77. The molecule has 1 heterocycles. The van der Waals surface area contributed by atoms with Crippen LogP contribution < -0.4 is 15.4 Å². The number of nitrogens with one attached hydrogen (secondary N) is 2. The summed E-state index contributed by atoms with van der Waals surface area (Å²) >= 11 is 0. The van der Waals surface area contributed by atoms with Crippen molar-refractivity contribution in [2.24, 2.45) is 0 Å². The third kappa shape index (κ3) is 10.9. The molecule has 3 aromatic rings. The van der Waals surface area contributed by atoms with Crippen LogP contribution in [-0.2, 0) is 23.1 Å². The molecular formula is C36H49N5O5. The Morgan fingerprint density at radius 1 is 1.07 bits per heavy atom. The molecule has 0 bridgehead atoms. The van der Waals surface area contributed by atoms with Crippen LogP contribution in [0.5, 0.6) is 5.75 Å². The Morgan fingerprint density at radius 2 is 1.76 bits per heavy atom. The van der Waals surface area contributed by atoms with Gasteiger partial charge in [0.05, 0.1) is 17.4 Å². The molecule has 2 aromatic carbocycles. The fraction of sp³-hybridized carbons (Fsp3) is 0.500. The molecule has 0 unspecified atom stereocenters. The minimum Gasteiger partial charge on any atom is -0.490 e. The van der Waals surface area contributed by atoms with Gasteiger partial charge in [0.2, 0.25) is 0 Å². The second-order valence-electron chi connectivity index (χ2n) is 13.7. The van der Waals surface area contributed by atoms with Crippen molar-refractivity contribution in [2.75, 3.05) is 13.2 Å². The summed E-state index contributed by atoms with van der Waals surface area (Å²) in [5.74, 6) is 1.08. The summed E-state index contributed by atoms with van der Waals surface area (Å²) in [7, 11) is 0. The molecule has 0 aliphatic heterocycles. The summed E-state index contributed by atoms with van der Waals surface area (Å²) < 4.78 is 13.1. The molecule has 0 aliphatic rings. The predicted molar refractivity (Wildman–Crippen MR) is 179 cm³/mol. The van der Waals surface area contributed by atoms with Gasteiger partial charge in [0.1, 0.15) is 23.2 Å². The van der Waals surface area contributed by atoms with Crippen LogP contribution in [0.15, 0.2) is 48.7 Å². The molecule has 0 saturated heterocycles. The van der Waals surface area contributed by atoms with Crippen LogP contribution in [-0.4, -0.2) is 57.6 Å². The number of carbonyl (C=O) groups is 2. The second kappa shape index (κ2) is 15.8. The number of nitriles is 1. The number of alkyl carbamates (subject to hydrolysis) is 1. The maximum absolute atomic E-state index is 13.1. The summed E-state index contributed by atoms with van der Waals surface area (Å²) in [6, 6.07) is 14.7. The molecule has 46 heavy (non-hydrogen) atoms. The number of nitrogens with zero attached hydrogens (tertiary/aromatic N) is 3. The summed E-state index contributed by atoms with van der Waals surface area (Å²) in [5, 5.41) is 25.1. The van der Waals surface area contributed by atoms with Gasteiger partial charge in [-0.25, -0.2) is 9.78 Å². The number of hydrogen-bond acceptors (Lipinski definition) is 7. The number of aliphatic hydroxyl groups excluding tert-OH is 1. The second-order valence-corrected chi connectivity index (χ2v) is 13.7. The van der Waals surface area contributed by atoms with Crippen LogP contribution in [0.4, 0.5) is 4.79 Å². The molecule has 1 atom stereocenters. The first-order chi connectivity index (χ1) is 21.6. The van der Waals surface area contributed by atoms with E-state index in [1.165, 1.54) is 6.07 Å². The smallest absolute Gasteiger partial charge is 0.407 e. The van der Waals surface area contributed by atoms with Crippen LogP contribution >= 0.6 is 0 Å². The number of benzene rings is 2. The van der Waals surface area contributed by atoms with Gasteiger partial charge in [0, 0.05) is 48.5 Å². The third-order valence-corrected chi connectivity index (χ3v) is 6.96. The van der Waals surface area contributed by atoms with Crippen LogP contribution in [0.1, 0.15) is 95.5 Å². The van der Waals surface area contributed by atoms with Gasteiger partial charge in [-0.15, -0.1) is 0 Å². The number of amides is 2.